The summed E-state index contributed by atoms with van der Waals surface area (Å²) in [5, 5.41) is 9.40. The largest absolute Gasteiger partial charge is 0.461 e. The molecular weight excluding hydrogens is 410 g/mol. The van der Waals surface area contributed by atoms with E-state index in [4.69, 9.17) is 4.74 Å². The third-order valence-corrected chi connectivity index (χ3v) is 8.86. The smallest absolute Gasteiger partial charge is 0.302 e. The average Bonchev–Trinajstić information content (AvgIpc) is 2.76. The number of anilines is 1. The molecule has 170 valence electrons. The summed E-state index contributed by atoms with van der Waals surface area (Å²) in [5.41, 5.74) is 5.35. The van der Waals surface area contributed by atoms with Crippen molar-refractivity contribution in [1.29, 1.82) is 0 Å². The molecule has 1 unspecified atom stereocenters. The molecule has 0 aromatic heterocycles. The van der Waals surface area contributed by atoms with E-state index in [-0.39, 0.29) is 25.2 Å². The van der Waals surface area contributed by atoms with E-state index in [1.165, 1.54) is 18.1 Å². The van der Waals surface area contributed by atoms with E-state index in [9.17, 15) is 14.1 Å². The van der Waals surface area contributed by atoms with Crippen molar-refractivity contribution in [2.45, 2.75) is 70.4 Å². The van der Waals surface area contributed by atoms with Gasteiger partial charge in [-0.05, 0) is 82.7 Å². The van der Waals surface area contributed by atoms with Gasteiger partial charge < -0.3 is 14.1 Å². The van der Waals surface area contributed by atoms with Crippen molar-refractivity contribution in [1.82, 2.24) is 0 Å². The fraction of sp³-hybridized carbons (Fsp3) is 0.480. The van der Waals surface area contributed by atoms with Crippen molar-refractivity contribution in [2.75, 3.05) is 17.2 Å². The van der Waals surface area contributed by atoms with E-state index in [2.05, 4.69) is 36.4 Å². The number of carbonyl (C=O) groups excluding carboxylic acids is 1. The number of ether oxygens (including phenoxy) is 1. The number of aliphatic hydroxyl groups excluding tert-OH is 1. The van der Waals surface area contributed by atoms with Crippen molar-refractivity contribution in [3.05, 3.63) is 58.7 Å². The molecule has 1 heterocycles. The minimum Gasteiger partial charge on any atom is -0.461 e. The summed E-state index contributed by atoms with van der Waals surface area (Å²) in [6, 6.07) is 12.5. The molecule has 0 spiro atoms. The first-order valence-electron chi connectivity index (χ1n) is 11.2. The highest BCUT2D eigenvalue weighted by Gasteiger charge is 2.33. The number of hydrogen-bond acceptors (Lipinski definition) is 4. The van der Waals surface area contributed by atoms with E-state index in [1.807, 2.05) is 24.5 Å². The number of nitrogens with zero attached hydrogens (tertiary/aromatic N) is 1. The van der Waals surface area contributed by atoms with Crippen LogP contribution in [0.1, 0.15) is 55.9 Å². The Morgan fingerprint density at radius 2 is 1.97 bits per heavy atom. The van der Waals surface area contributed by atoms with Crippen LogP contribution in [-0.2, 0) is 45.5 Å². The maximum atomic E-state index is 14.4. The Kier molecular flexibility index (Phi) is 7.55. The third-order valence-electron chi connectivity index (χ3n) is 6.26. The number of aryl methyl sites for hydroxylation is 2. The van der Waals surface area contributed by atoms with Gasteiger partial charge in [0.2, 0.25) is 0 Å². The predicted octanol–water partition coefficient (Wildman–Crippen LogP) is 4.00. The molecule has 5 nitrogen and oxygen atoms in total. The lowest BCUT2D eigenvalue weighted by atomic mass is 9.94. The summed E-state index contributed by atoms with van der Waals surface area (Å²) in [6.45, 7) is 5.81. The minimum absolute atomic E-state index is 0.00732. The highest BCUT2D eigenvalue weighted by atomic mass is 32.3. The van der Waals surface area contributed by atoms with Crippen LogP contribution < -0.4 is 4.31 Å². The van der Waals surface area contributed by atoms with Gasteiger partial charge in [-0.15, -0.1) is 0 Å². The van der Waals surface area contributed by atoms with Gasteiger partial charge in [0.25, 0.3) is 0 Å². The van der Waals surface area contributed by atoms with Crippen LogP contribution in [-0.4, -0.2) is 34.2 Å². The summed E-state index contributed by atoms with van der Waals surface area (Å²) in [4.78, 5) is 12.1. The second kappa shape index (κ2) is 9.96. The first-order chi connectivity index (χ1) is 14.8. The Labute approximate surface area is 187 Å². The lowest BCUT2D eigenvalue weighted by Crippen LogP contribution is -2.46. The monoisotopic (exact) mass is 445 g/mol. The second-order valence-electron chi connectivity index (χ2n) is 8.35. The molecule has 1 atom stereocenters. The van der Waals surface area contributed by atoms with Crippen LogP contribution in [0.4, 0.5) is 5.69 Å². The molecule has 0 saturated heterocycles. The van der Waals surface area contributed by atoms with Crippen molar-refractivity contribution in [2.24, 2.45) is 0 Å². The van der Waals surface area contributed by atoms with Gasteiger partial charge in [-0.1, -0.05) is 32.0 Å². The SMILES string of the molecule is CCc1ccc2c(c1)CCC(CC)N2[SH](C)(=O)c1ccc(CCO)c(COC(C)=O)c1. The zero-order chi connectivity index (χ0) is 22.6. The number of carbonyl (C=O) groups is 1. The first-order valence-corrected chi connectivity index (χ1v) is 13.3. The second-order valence-corrected chi connectivity index (χ2v) is 11.1. The van der Waals surface area contributed by atoms with Crippen molar-refractivity contribution in [3.8, 4) is 0 Å². The van der Waals surface area contributed by atoms with Gasteiger partial charge in [-0.3, -0.25) is 9.00 Å². The summed E-state index contributed by atoms with van der Waals surface area (Å²) in [6.07, 6.45) is 6.21. The highest BCUT2D eigenvalue weighted by molar-refractivity contribution is 8.03. The lowest BCUT2D eigenvalue weighted by molar-refractivity contribution is -0.142. The van der Waals surface area contributed by atoms with Gasteiger partial charge in [0.15, 0.2) is 0 Å². The van der Waals surface area contributed by atoms with E-state index >= 15 is 0 Å². The Morgan fingerprint density at radius 1 is 1.19 bits per heavy atom. The molecule has 0 fully saturated rings. The van der Waals surface area contributed by atoms with Gasteiger partial charge in [0.1, 0.15) is 6.61 Å². The van der Waals surface area contributed by atoms with Crippen LogP contribution in [0.25, 0.3) is 0 Å². The molecule has 31 heavy (non-hydrogen) atoms. The zero-order valence-corrected chi connectivity index (χ0v) is 20.0. The molecule has 0 saturated carbocycles. The van der Waals surface area contributed by atoms with Gasteiger partial charge in [-0.2, -0.15) is 0 Å². The zero-order valence-electron chi connectivity index (χ0n) is 19.1. The number of thiol groups is 1. The molecule has 2 aromatic rings. The molecule has 0 bridgehead atoms. The van der Waals surface area contributed by atoms with Crippen LogP contribution in [0, 0.1) is 0 Å². The van der Waals surface area contributed by atoms with E-state index in [0.717, 1.165) is 47.4 Å². The highest BCUT2D eigenvalue weighted by Crippen LogP contribution is 2.39. The summed E-state index contributed by atoms with van der Waals surface area (Å²) >= 11 is 0. The number of esters is 1. The number of rotatable bonds is 8. The number of benzene rings is 2. The fourth-order valence-corrected chi connectivity index (χ4v) is 6.99. The standard InChI is InChI=1S/C25H35NO4S/c1-5-19-7-12-25-21(15-19)8-10-23(6-2)26(25)31(4,29)24-11-9-20(13-14-27)22(16-24)17-30-18(3)28/h7,9,11-12,15-16,23,27,31H,5-6,8,10,13-14,17H2,1-4H3. The minimum atomic E-state index is -2.93. The van der Waals surface area contributed by atoms with Gasteiger partial charge in [-0.25, -0.2) is 0 Å². The normalized spacial score (nSPS) is 16.7. The molecule has 2 aromatic carbocycles. The average molecular weight is 446 g/mol. The lowest BCUT2D eigenvalue weighted by Gasteiger charge is -2.45. The summed E-state index contributed by atoms with van der Waals surface area (Å²) in [7, 11) is -2.93. The van der Waals surface area contributed by atoms with Gasteiger partial charge in [0.05, 0.1) is 5.69 Å². The fourth-order valence-electron chi connectivity index (χ4n) is 4.49. The van der Waals surface area contributed by atoms with Crippen LogP contribution >= 0.6 is 0 Å². The Bertz CT molecular complexity index is 987. The number of aliphatic hydroxyl groups is 1. The molecule has 6 heteroatoms. The molecular formula is C25H35NO4S. The van der Waals surface area contributed by atoms with Crippen LogP contribution in [0.5, 0.6) is 0 Å². The Morgan fingerprint density at radius 3 is 2.61 bits per heavy atom. The molecule has 3 rings (SSSR count). The molecule has 0 aliphatic carbocycles. The molecule has 1 N–H and O–H groups in total. The van der Waals surface area contributed by atoms with Crippen LogP contribution in [0.2, 0.25) is 0 Å². The van der Waals surface area contributed by atoms with Gasteiger partial charge >= 0.3 is 5.97 Å². The Balaban J connectivity index is 2.06. The maximum Gasteiger partial charge on any atom is 0.302 e. The summed E-state index contributed by atoms with van der Waals surface area (Å²) in [5.74, 6) is -0.359. The van der Waals surface area contributed by atoms with Crippen molar-refractivity contribution >= 4 is 21.8 Å². The van der Waals surface area contributed by atoms with E-state index < -0.39 is 10.1 Å². The third kappa shape index (κ3) is 5.01. The summed E-state index contributed by atoms with van der Waals surface area (Å²) < 4.78 is 21.8. The van der Waals surface area contributed by atoms with Gasteiger partial charge in [0, 0.05) is 30.7 Å². The molecule has 0 amide bonds. The molecule has 1 aliphatic heterocycles. The van der Waals surface area contributed by atoms with Crippen molar-refractivity contribution in [3.63, 3.8) is 0 Å². The van der Waals surface area contributed by atoms with E-state index in [0.29, 0.717) is 6.42 Å². The van der Waals surface area contributed by atoms with E-state index in [1.54, 1.807) is 0 Å². The number of hydrogen-bond donors (Lipinski definition) is 2. The first kappa shape index (κ1) is 23.5. The van der Waals surface area contributed by atoms with Crippen LogP contribution in [0.15, 0.2) is 41.3 Å². The number of fused-ring (bicyclic) bond motifs is 1. The Hall–Kier alpha value is -2.18. The molecule has 0 radical (unpaired) electrons. The topological polar surface area (TPSA) is 66.8 Å². The predicted molar refractivity (Wildman–Crippen MR) is 127 cm³/mol. The maximum absolute atomic E-state index is 14.4. The van der Waals surface area contributed by atoms with Crippen molar-refractivity contribution < 1.29 is 18.8 Å². The quantitative estimate of drug-likeness (QED) is 0.476. The molecule has 1 aliphatic rings. The van der Waals surface area contributed by atoms with Crippen LogP contribution in [0.3, 0.4) is 0 Å².